The third-order valence-electron chi connectivity index (χ3n) is 6.29. The summed E-state index contributed by atoms with van der Waals surface area (Å²) in [4.78, 5) is 24.1. The molecule has 0 bridgehead atoms. The molecule has 0 aromatic heterocycles. The Bertz CT molecular complexity index is 941. The lowest BCUT2D eigenvalue weighted by molar-refractivity contribution is -0.134. The van der Waals surface area contributed by atoms with Crippen molar-refractivity contribution in [1.82, 2.24) is 0 Å². The minimum atomic E-state index is -1.18. The first-order chi connectivity index (χ1) is 14.2. The molecular weight excluding hydrogens is 372 g/mol. The van der Waals surface area contributed by atoms with E-state index in [-0.39, 0.29) is 5.57 Å². The highest BCUT2D eigenvalue weighted by Crippen LogP contribution is 2.38. The Labute approximate surface area is 180 Å². The van der Waals surface area contributed by atoms with Gasteiger partial charge in [0.2, 0.25) is 0 Å². The van der Waals surface area contributed by atoms with Gasteiger partial charge < -0.3 is 5.11 Å². The van der Waals surface area contributed by atoms with Crippen molar-refractivity contribution in [2.45, 2.75) is 60.8 Å². The summed E-state index contributed by atoms with van der Waals surface area (Å²) in [5, 5.41) is 9.33. The van der Waals surface area contributed by atoms with Crippen LogP contribution < -0.4 is 0 Å². The molecule has 2 unspecified atom stereocenters. The molecule has 0 amide bonds. The zero-order chi connectivity index (χ0) is 22.4. The topological polar surface area (TPSA) is 54.4 Å². The highest BCUT2D eigenvalue weighted by molar-refractivity contribution is 6.22. The second kappa shape index (κ2) is 10.4. The highest BCUT2D eigenvalue weighted by Gasteiger charge is 2.26. The Kier molecular flexibility index (Phi) is 8.16. The molecule has 1 aromatic carbocycles. The van der Waals surface area contributed by atoms with E-state index in [1.165, 1.54) is 28.3 Å². The predicted octanol–water partition coefficient (Wildman–Crippen LogP) is 6.40. The van der Waals surface area contributed by atoms with Gasteiger partial charge in [-0.1, -0.05) is 48.9 Å². The van der Waals surface area contributed by atoms with E-state index in [0.717, 1.165) is 30.4 Å². The molecule has 0 fully saturated rings. The van der Waals surface area contributed by atoms with Gasteiger partial charge in [0.15, 0.2) is 5.78 Å². The number of ketones is 1. The first-order valence-electron chi connectivity index (χ1n) is 10.7. The van der Waals surface area contributed by atoms with Gasteiger partial charge in [0, 0.05) is 0 Å². The highest BCUT2D eigenvalue weighted by atomic mass is 16.4. The van der Waals surface area contributed by atoms with Crippen LogP contribution in [0.2, 0.25) is 0 Å². The fourth-order valence-corrected chi connectivity index (χ4v) is 4.24. The zero-order valence-electron chi connectivity index (χ0n) is 19.1. The van der Waals surface area contributed by atoms with Gasteiger partial charge in [-0.05, 0) is 99.6 Å². The van der Waals surface area contributed by atoms with Gasteiger partial charge in [0.05, 0.1) is 0 Å². The van der Waals surface area contributed by atoms with Crippen molar-refractivity contribution in [2.75, 3.05) is 0 Å². The van der Waals surface area contributed by atoms with Crippen molar-refractivity contribution in [3.05, 3.63) is 75.9 Å². The van der Waals surface area contributed by atoms with Crippen LogP contribution in [0.1, 0.15) is 62.8 Å². The molecule has 1 aliphatic carbocycles. The van der Waals surface area contributed by atoms with Crippen LogP contribution in [0.4, 0.5) is 0 Å². The quantitative estimate of drug-likeness (QED) is 0.266. The number of aryl methyl sites for hydroxylation is 2. The van der Waals surface area contributed by atoms with E-state index in [2.05, 4.69) is 52.0 Å². The molecular formula is C27H34O3. The number of carboxylic acids is 1. The van der Waals surface area contributed by atoms with Crippen LogP contribution in [0.15, 0.2) is 53.7 Å². The van der Waals surface area contributed by atoms with E-state index >= 15 is 0 Å². The van der Waals surface area contributed by atoms with Gasteiger partial charge in [-0.15, -0.1) is 0 Å². The van der Waals surface area contributed by atoms with Crippen molar-refractivity contribution in [2.24, 2.45) is 11.8 Å². The van der Waals surface area contributed by atoms with Crippen LogP contribution in [0.3, 0.4) is 0 Å². The maximum Gasteiger partial charge on any atom is 0.339 e. The lowest BCUT2D eigenvalue weighted by Crippen LogP contribution is -2.20. The summed E-state index contributed by atoms with van der Waals surface area (Å²) in [7, 11) is 0. The van der Waals surface area contributed by atoms with Crippen molar-refractivity contribution in [3.63, 3.8) is 0 Å². The number of hydrogen-bond acceptors (Lipinski definition) is 2. The number of carbonyl (C=O) groups excluding carboxylic acids is 1. The summed E-state index contributed by atoms with van der Waals surface area (Å²) in [5.41, 5.74) is 6.88. The molecule has 160 valence electrons. The van der Waals surface area contributed by atoms with E-state index in [1.807, 2.05) is 13.0 Å². The summed E-state index contributed by atoms with van der Waals surface area (Å²) in [5.74, 6) is -0.716. The maximum atomic E-state index is 12.7. The summed E-state index contributed by atoms with van der Waals surface area (Å²) in [6.45, 7) is 12.3. The van der Waals surface area contributed by atoms with Gasteiger partial charge in [-0.3, -0.25) is 4.79 Å². The molecule has 1 aromatic rings. The Hall–Kier alpha value is -2.68. The number of carbonyl (C=O) groups is 2. The molecule has 3 nitrogen and oxygen atoms in total. The molecule has 30 heavy (non-hydrogen) atoms. The molecule has 1 aliphatic rings. The van der Waals surface area contributed by atoms with E-state index in [9.17, 15) is 14.7 Å². The number of fused-ring (bicyclic) bond motifs is 1. The standard InChI is InChI=1S/C27H34O3/c1-7-9-10-17(3)24-15-22-13-19(5)20(6)14-25(22)21(12-11-18(24)4)16-26(28)23(8-2)27(29)30/h7-10,13-14,16,18,24H,11-12,15H2,1-6H3,(H,29,30)/b9-7-,17-10+,21-16+,23-8+. The minimum absolute atomic E-state index is 0.175. The summed E-state index contributed by atoms with van der Waals surface area (Å²) in [6.07, 6.45) is 11.9. The molecule has 0 saturated carbocycles. The van der Waals surface area contributed by atoms with Gasteiger partial charge in [-0.25, -0.2) is 4.79 Å². The maximum absolute atomic E-state index is 12.7. The second-order valence-electron chi connectivity index (χ2n) is 8.40. The smallest absolute Gasteiger partial charge is 0.339 e. The first kappa shape index (κ1) is 23.6. The van der Waals surface area contributed by atoms with Crippen LogP contribution in [0.25, 0.3) is 5.57 Å². The van der Waals surface area contributed by atoms with Gasteiger partial charge >= 0.3 is 5.97 Å². The molecule has 0 radical (unpaired) electrons. The predicted molar refractivity (Wildman–Crippen MR) is 124 cm³/mol. The molecule has 2 atom stereocenters. The number of benzene rings is 1. The molecule has 0 heterocycles. The average molecular weight is 407 g/mol. The summed E-state index contributed by atoms with van der Waals surface area (Å²) in [6, 6.07) is 4.41. The molecule has 0 aliphatic heterocycles. The zero-order valence-corrected chi connectivity index (χ0v) is 19.1. The number of hydrogen-bond donors (Lipinski definition) is 1. The number of allylic oxidation sites excluding steroid dienone is 7. The summed E-state index contributed by atoms with van der Waals surface area (Å²) < 4.78 is 0. The van der Waals surface area contributed by atoms with Crippen LogP contribution in [-0.2, 0) is 16.0 Å². The van der Waals surface area contributed by atoms with Gasteiger partial charge in [0.25, 0.3) is 0 Å². The number of aliphatic carboxylic acids is 1. The SMILES string of the molecule is C/C=C\C=C(/C)C1Cc2cc(C)c(C)cc2/C(=C/C(=O)/C(=C\C)C(=O)O)CCC1C. The minimum Gasteiger partial charge on any atom is -0.478 e. The van der Waals surface area contributed by atoms with E-state index in [0.29, 0.717) is 11.8 Å². The summed E-state index contributed by atoms with van der Waals surface area (Å²) >= 11 is 0. The molecule has 0 saturated heterocycles. The van der Waals surface area contributed by atoms with Crippen molar-refractivity contribution in [1.29, 1.82) is 0 Å². The second-order valence-corrected chi connectivity index (χ2v) is 8.40. The Morgan fingerprint density at radius 3 is 2.40 bits per heavy atom. The van der Waals surface area contributed by atoms with Crippen LogP contribution >= 0.6 is 0 Å². The van der Waals surface area contributed by atoms with E-state index in [1.54, 1.807) is 13.0 Å². The molecule has 1 N–H and O–H groups in total. The van der Waals surface area contributed by atoms with E-state index in [4.69, 9.17) is 0 Å². The fourth-order valence-electron chi connectivity index (χ4n) is 4.24. The molecule has 0 spiro atoms. The van der Waals surface area contributed by atoms with Crippen LogP contribution in [0, 0.1) is 25.7 Å². The Balaban J connectivity index is 2.59. The van der Waals surface area contributed by atoms with Crippen LogP contribution in [-0.4, -0.2) is 16.9 Å². The van der Waals surface area contributed by atoms with Gasteiger partial charge in [-0.2, -0.15) is 0 Å². The first-order valence-corrected chi connectivity index (χ1v) is 10.7. The molecule has 2 rings (SSSR count). The van der Waals surface area contributed by atoms with Gasteiger partial charge in [0.1, 0.15) is 5.57 Å². The van der Waals surface area contributed by atoms with Crippen molar-refractivity contribution < 1.29 is 14.7 Å². The van der Waals surface area contributed by atoms with Crippen LogP contribution in [0.5, 0.6) is 0 Å². The van der Waals surface area contributed by atoms with Crippen molar-refractivity contribution in [3.8, 4) is 0 Å². The Morgan fingerprint density at radius 2 is 1.80 bits per heavy atom. The fraction of sp³-hybridized carbons (Fsp3) is 0.407. The lowest BCUT2D eigenvalue weighted by Gasteiger charge is -2.30. The lowest BCUT2D eigenvalue weighted by atomic mass is 9.74. The van der Waals surface area contributed by atoms with Crippen molar-refractivity contribution >= 4 is 17.3 Å². The monoisotopic (exact) mass is 406 g/mol. The third kappa shape index (κ3) is 5.47. The average Bonchev–Trinajstić information content (AvgIpc) is 2.68. The Morgan fingerprint density at radius 1 is 1.13 bits per heavy atom. The van der Waals surface area contributed by atoms with E-state index < -0.39 is 11.8 Å². The largest absolute Gasteiger partial charge is 0.478 e. The third-order valence-corrected chi connectivity index (χ3v) is 6.29. The number of rotatable bonds is 5. The number of carboxylic acid groups (broad SMARTS) is 1. The normalized spacial score (nSPS) is 22.0. The molecule has 3 heteroatoms.